The maximum absolute atomic E-state index is 5.72. The van der Waals surface area contributed by atoms with Crippen molar-refractivity contribution < 1.29 is 0 Å². The molecule has 1 aliphatic heterocycles. The quantitative estimate of drug-likeness (QED) is 0.853. The van der Waals surface area contributed by atoms with Gasteiger partial charge in [0.05, 0.1) is 0 Å². The number of rotatable bonds is 2. The molecule has 1 aromatic rings. The van der Waals surface area contributed by atoms with Gasteiger partial charge in [-0.2, -0.15) is 0 Å². The number of aromatic nitrogens is 1. The zero-order valence-corrected chi connectivity index (χ0v) is 11.1. The molecule has 3 unspecified atom stereocenters. The van der Waals surface area contributed by atoms with E-state index in [9.17, 15) is 0 Å². The molecule has 0 bridgehead atoms. The fourth-order valence-corrected chi connectivity index (χ4v) is 2.87. The van der Waals surface area contributed by atoms with Crippen molar-refractivity contribution in [2.75, 3.05) is 12.3 Å². The number of pyridine rings is 1. The molecule has 94 valence electrons. The molecule has 0 aromatic carbocycles. The Balaban J connectivity index is 2.07. The van der Waals surface area contributed by atoms with E-state index in [4.69, 9.17) is 5.73 Å². The minimum atomic E-state index is 0.619. The molecule has 0 saturated carbocycles. The van der Waals surface area contributed by atoms with E-state index in [0.717, 1.165) is 18.4 Å². The highest BCUT2D eigenvalue weighted by atomic mass is 15.2. The van der Waals surface area contributed by atoms with E-state index in [1.165, 1.54) is 18.5 Å². The van der Waals surface area contributed by atoms with Crippen molar-refractivity contribution in [3.63, 3.8) is 0 Å². The van der Waals surface area contributed by atoms with Gasteiger partial charge in [-0.25, -0.2) is 4.98 Å². The lowest BCUT2D eigenvalue weighted by Crippen LogP contribution is -2.45. The number of nitrogen functional groups attached to an aromatic ring is 1. The summed E-state index contributed by atoms with van der Waals surface area (Å²) in [4.78, 5) is 6.60. The van der Waals surface area contributed by atoms with Crippen molar-refractivity contribution in [1.82, 2.24) is 9.88 Å². The van der Waals surface area contributed by atoms with Crippen LogP contribution in [0, 0.1) is 11.8 Å². The van der Waals surface area contributed by atoms with Gasteiger partial charge >= 0.3 is 0 Å². The number of hydrogen-bond donors (Lipinski definition) is 1. The van der Waals surface area contributed by atoms with Crippen LogP contribution in [-0.4, -0.2) is 22.5 Å². The molecule has 1 aromatic heterocycles. The fraction of sp³-hybridized carbons (Fsp3) is 0.643. The van der Waals surface area contributed by atoms with Crippen molar-refractivity contribution in [3.8, 4) is 0 Å². The van der Waals surface area contributed by atoms with Gasteiger partial charge in [0, 0.05) is 25.3 Å². The first-order valence-electron chi connectivity index (χ1n) is 6.50. The summed E-state index contributed by atoms with van der Waals surface area (Å²) in [6.07, 6.45) is 3.14. The van der Waals surface area contributed by atoms with E-state index in [1.54, 1.807) is 6.20 Å². The smallest absolute Gasteiger partial charge is 0.123 e. The molecule has 2 heterocycles. The minimum Gasteiger partial charge on any atom is -0.384 e. The van der Waals surface area contributed by atoms with Crippen LogP contribution in [0.15, 0.2) is 18.3 Å². The summed E-state index contributed by atoms with van der Waals surface area (Å²) >= 11 is 0. The minimum absolute atomic E-state index is 0.619. The van der Waals surface area contributed by atoms with E-state index in [0.29, 0.717) is 11.9 Å². The van der Waals surface area contributed by atoms with E-state index >= 15 is 0 Å². The number of nitrogens with two attached hydrogens (primary N) is 1. The highest BCUT2D eigenvalue weighted by Gasteiger charge is 2.28. The monoisotopic (exact) mass is 233 g/mol. The largest absolute Gasteiger partial charge is 0.384 e. The molecule has 1 aliphatic rings. The Labute approximate surface area is 104 Å². The SMILES string of the molecule is CC1CC(C)C(C)N(Cc2ccnc(N)c2)C1. The third-order valence-electron chi connectivity index (χ3n) is 3.95. The van der Waals surface area contributed by atoms with E-state index < -0.39 is 0 Å². The molecule has 2 N–H and O–H groups in total. The normalized spacial score (nSPS) is 30.4. The molecule has 3 nitrogen and oxygen atoms in total. The zero-order chi connectivity index (χ0) is 12.4. The zero-order valence-electron chi connectivity index (χ0n) is 11.1. The molecular weight excluding hydrogens is 210 g/mol. The highest BCUT2D eigenvalue weighted by Crippen LogP contribution is 2.28. The molecule has 0 radical (unpaired) electrons. The van der Waals surface area contributed by atoms with Gasteiger partial charge in [-0.15, -0.1) is 0 Å². The number of likely N-dealkylation sites (tertiary alicyclic amines) is 1. The van der Waals surface area contributed by atoms with Gasteiger partial charge < -0.3 is 5.73 Å². The van der Waals surface area contributed by atoms with Gasteiger partial charge in [-0.05, 0) is 42.9 Å². The van der Waals surface area contributed by atoms with Crippen molar-refractivity contribution in [2.45, 2.75) is 39.8 Å². The van der Waals surface area contributed by atoms with Crippen LogP contribution in [-0.2, 0) is 6.54 Å². The van der Waals surface area contributed by atoms with Crippen molar-refractivity contribution >= 4 is 5.82 Å². The van der Waals surface area contributed by atoms with Crippen LogP contribution in [0.2, 0.25) is 0 Å². The number of anilines is 1. The molecule has 0 aliphatic carbocycles. The van der Waals surface area contributed by atoms with Crippen molar-refractivity contribution in [1.29, 1.82) is 0 Å². The van der Waals surface area contributed by atoms with Crippen LogP contribution in [0.5, 0.6) is 0 Å². The third kappa shape index (κ3) is 2.97. The predicted molar refractivity (Wildman–Crippen MR) is 71.5 cm³/mol. The lowest BCUT2D eigenvalue weighted by atomic mass is 9.86. The van der Waals surface area contributed by atoms with Crippen LogP contribution in [0.3, 0.4) is 0 Å². The molecule has 1 fully saturated rings. The van der Waals surface area contributed by atoms with E-state index in [2.05, 4.69) is 36.7 Å². The Kier molecular flexibility index (Phi) is 3.67. The Hall–Kier alpha value is -1.09. The number of nitrogens with zero attached hydrogens (tertiary/aromatic N) is 2. The fourth-order valence-electron chi connectivity index (χ4n) is 2.87. The Morgan fingerprint density at radius 3 is 2.88 bits per heavy atom. The molecule has 1 saturated heterocycles. The van der Waals surface area contributed by atoms with Crippen LogP contribution >= 0.6 is 0 Å². The van der Waals surface area contributed by atoms with Gasteiger partial charge in [0.25, 0.3) is 0 Å². The van der Waals surface area contributed by atoms with Gasteiger partial charge in [0.2, 0.25) is 0 Å². The van der Waals surface area contributed by atoms with Crippen LogP contribution < -0.4 is 5.73 Å². The van der Waals surface area contributed by atoms with Crippen LogP contribution in [0.25, 0.3) is 0 Å². The summed E-state index contributed by atoms with van der Waals surface area (Å²) in [6.45, 7) is 9.21. The van der Waals surface area contributed by atoms with Gasteiger partial charge in [-0.3, -0.25) is 4.90 Å². The van der Waals surface area contributed by atoms with E-state index in [1.807, 2.05) is 6.07 Å². The summed E-state index contributed by atoms with van der Waals surface area (Å²) in [5.41, 5.74) is 6.99. The lowest BCUT2D eigenvalue weighted by Gasteiger charge is -2.41. The second kappa shape index (κ2) is 5.05. The van der Waals surface area contributed by atoms with Crippen LogP contribution in [0.4, 0.5) is 5.82 Å². The Bertz CT molecular complexity index is 377. The standard InChI is InChI=1S/C14H23N3/c1-10-6-11(2)12(3)17(8-10)9-13-4-5-16-14(15)7-13/h4-5,7,10-12H,6,8-9H2,1-3H3,(H2,15,16). The summed E-state index contributed by atoms with van der Waals surface area (Å²) in [7, 11) is 0. The van der Waals surface area contributed by atoms with E-state index in [-0.39, 0.29) is 0 Å². The molecule has 17 heavy (non-hydrogen) atoms. The summed E-state index contributed by atoms with van der Waals surface area (Å²) in [5.74, 6) is 2.19. The maximum atomic E-state index is 5.72. The van der Waals surface area contributed by atoms with Gasteiger partial charge in [0.15, 0.2) is 0 Å². The second-order valence-electron chi connectivity index (χ2n) is 5.58. The van der Waals surface area contributed by atoms with Gasteiger partial charge in [-0.1, -0.05) is 13.8 Å². The second-order valence-corrected chi connectivity index (χ2v) is 5.58. The average molecular weight is 233 g/mol. The van der Waals surface area contributed by atoms with Crippen molar-refractivity contribution in [2.24, 2.45) is 11.8 Å². The topological polar surface area (TPSA) is 42.2 Å². The number of piperidine rings is 1. The molecule has 2 rings (SSSR count). The average Bonchev–Trinajstić information content (AvgIpc) is 2.25. The Morgan fingerprint density at radius 1 is 1.41 bits per heavy atom. The summed E-state index contributed by atoms with van der Waals surface area (Å²) in [5, 5.41) is 0. The maximum Gasteiger partial charge on any atom is 0.123 e. The highest BCUT2D eigenvalue weighted by molar-refractivity contribution is 5.31. The lowest BCUT2D eigenvalue weighted by molar-refractivity contribution is 0.0729. The Morgan fingerprint density at radius 2 is 2.18 bits per heavy atom. The van der Waals surface area contributed by atoms with Crippen molar-refractivity contribution in [3.05, 3.63) is 23.9 Å². The molecular formula is C14H23N3. The first-order chi connectivity index (χ1) is 8.06. The summed E-state index contributed by atoms with van der Waals surface area (Å²) in [6, 6.07) is 4.70. The third-order valence-corrected chi connectivity index (χ3v) is 3.95. The molecule has 0 amide bonds. The molecule has 3 heteroatoms. The molecule has 0 spiro atoms. The summed E-state index contributed by atoms with van der Waals surface area (Å²) < 4.78 is 0. The molecule has 3 atom stereocenters. The first kappa shape index (κ1) is 12.4. The number of hydrogen-bond acceptors (Lipinski definition) is 3. The predicted octanol–water partition coefficient (Wildman–Crippen LogP) is 2.53. The van der Waals surface area contributed by atoms with Gasteiger partial charge in [0.1, 0.15) is 5.82 Å². The van der Waals surface area contributed by atoms with Crippen LogP contribution in [0.1, 0.15) is 32.8 Å². The first-order valence-corrected chi connectivity index (χ1v) is 6.50.